The van der Waals surface area contributed by atoms with Crippen molar-refractivity contribution in [3.8, 4) is 0 Å². The van der Waals surface area contributed by atoms with E-state index in [-0.39, 0.29) is 18.2 Å². The van der Waals surface area contributed by atoms with E-state index in [1.807, 2.05) is 0 Å². The molecule has 0 fully saturated rings. The number of hydrogen-bond acceptors (Lipinski definition) is 4. The lowest BCUT2D eigenvalue weighted by Gasteiger charge is -2.16. The van der Waals surface area contributed by atoms with Crippen molar-refractivity contribution in [2.75, 3.05) is 11.9 Å². The maximum atomic E-state index is 14.2. The van der Waals surface area contributed by atoms with Crippen LogP contribution >= 0.6 is 11.6 Å². The number of nitrogens with two attached hydrogens (primary N) is 1. The number of nitrogens with one attached hydrogen (secondary N) is 1. The van der Waals surface area contributed by atoms with Gasteiger partial charge in [0.05, 0.1) is 12.3 Å². The van der Waals surface area contributed by atoms with Crippen molar-refractivity contribution in [1.82, 2.24) is 0 Å². The van der Waals surface area contributed by atoms with Crippen LogP contribution in [-0.2, 0) is 0 Å². The molecule has 0 bridgehead atoms. The van der Waals surface area contributed by atoms with Gasteiger partial charge >= 0.3 is 0 Å². The normalized spacial score (nSPS) is 17.7. The van der Waals surface area contributed by atoms with Crippen LogP contribution in [0.4, 0.5) is 10.1 Å². The van der Waals surface area contributed by atoms with E-state index in [2.05, 4.69) is 15.5 Å². The molecule has 2 aromatic rings. The van der Waals surface area contributed by atoms with Crippen LogP contribution in [0.15, 0.2) is 52.6 Å². The van der Waals surface area contributed by atoms with E-state index in [4.69, 9.17) is 22.5 Å². The summed E-state index contributed by atoms with van der Waals surface area (Å²) in [5, 5.41) is 15.6. The number of hydrogen-bond donors (Lipinski definition) is 3. The zero-order chi connectivity index (χ0) is 16.4. The largest absolute Gasteiger partial charge is 0.409 e. The highest BCUT2D eigenvalue weighted by Gasteiger charge is 2.23. The summed E-state index contributed by atoms with van der Waals surface area (Å²) < 4.78 is 14.2. The van der Waals surface area contributed by atoms with E-state index >= 15 is 0 Å². The maximum Gasteiger partial charge on any atom is 0.163 e. The van der Waals surface area contributed by atoms with Crippen LogP contribution < -0.4 is 11.1 Å². The molecule has 0 radical (unpaired) electrons. The van der Waals surface area contributed by atoms with Crippen molar-refractivity contribution < 1.29 is 9.60 Å². The molecule has 2 aromatic carbocycles. The molecule has 1 unspecified atom stereocenters. The molecule has 0 saturated carbocycles. The Labute approximate surface area is 137 Å². The smallest absolute Gasteiger partial charge is 0.163 e. The third-order valence-electron chi connectivity index (χ3n) is 3.60. The number of fused-ring (bicyclic) bond motifs is 1. The van der Waals surface area contributed by atoms with E-state index in [0.29, 0.717) is 27.5 Å². The van der Waals surface area contributed by atoms with Crippen molar-refractivity contribution in [2.45, 2.75) is 6.04 Å². The summed E-state index contributed by atoms with van der Waals surface area (Å²) in [4.78, 5) is 4.47. The Morgan fingerprint density at radius 2 is 2.09 bits per heavy atom. The molecule has 118 valence electrons. The molecule has 0 spiro atoms. The quantitative estimate of drug-likeness (QED) is 0.342. The van der Waals surface area contributed by atoms with Crippen molar-refractivity contribution in [2.24, 2.45) is 15.9 Å². The molecular weight excluding hydrogens is 319 g/mol. The lowest BCUT2D eigenvalue weighted by atomic mass is 10.00. The van der Waals surface area contributed by atoms with Crippen molar-refractivity contribution >= 4 is 28.8 Å². The zero-order valence-corrected chi connectivity index (χ0v) is 12.8. The second-order valence-corrected chi connectivity index (χ2v) is 5.52. The summed E-state index contributed by atoms with van der Waals surface area (Å²) in [6, 6.07) is 11.1. The van der Waals surface area contributed by atoms with Crippen LogP contribution in [0.2, 0.25) is 5.02 Å². The molecule has 1 aliphatic rings. The Morgan fingerprint density at radius 3 is 2.83 bits per heavy atom. The number of benzodiazepines with no additional fused rings is 1. The van der Waals surface area contributed by atoms with Crippen molar-refractivity contribution in [3.63, 3.8) is 0 Å². The molecule has 0 aromatic heterocycles. The van der Waals surface area contributed by atoms with E-state index in [0.717, 1.165) is 0 Å². The maximum absolute atomic E-state index is 14.2. The van der Waals surface area contributed by atoms with Gasteiger partial charge in [0, 0.05) is 21.8 Å². The van der Waals surface area contributed by atoms with Gasteiger partial charge in [0.25, 0.3) is 0 Å². The first-order chi connectivity index (χ1) is 11.1. The molecule has 0 saturated heterocycles. The lowest BCUT2D eigenvalue weighted by Crippen LogP contribution is -2.37. The first kappa shape index (κ1) is 15.3. The van der Waals surface area contributed by atoms with Gasteiger partial charge in [-0.05, 0) is 30.3 Å². The molecule has 1 heterocycles. The number of halogens is 2. The number of nitrogens with zero attached hydrogens (tertiary/aromatic N) is 2. The first-order valence-electron chi connectivity index (χ1n) is 6.93. The van der Waals surface area contributed by atoms with Gasteiger partial charge in [0.2, 0.25) is 0 Å². The molecule has 0 amide bonds. The molecule has 5 nitrogen and oxygen atoms in total. The average Bonchev–Trinajstić information content (AvgIpc) is 2.74. The summed E-state index contributed by atoms with van der Waals surface area (Å²) in [5.74, 6) is -0.371. The van der Waals surface area contributed by atoms with Crippen LogP contribution in [0.5, 0.6) is 0 Å². The van der Waals surface area contributed by atoms with Gasteiger partial charge in [-0.25, -0.2) is 4.39 Å². The van der Waals surface area contributed by atoms with Gasteiger partial charge in [-0.15, -0.1) is 0 Å². The fourth-order valence-corrected chi connectivity index (χ4v) is 2.63. The standard InChI is InChI=1S/C16H14ClFN4O/c17-9-5-6-13-11(7-9)15(10-3-1-2-4-12(10)18)20-8-14(21-13)16(19)22-23/h1-7,14,21,23H,8H2,(H2,19,22). The fourth-order valence-electron chi connectivity index (χ4n) is 2.46. The first-order valence-corrected chi connectivity index (χ1v) is 7.31. The van der Waals surface area contributed by atoms with Gasteiger partial charge in [0.1, 0.15) is 11.9 Å². The van der Waals surface area contributed by atoms with Crippen LogP contribution in [0, 0.1) is 5.82 Å². The fraction of sp³-hybridized carbons (Fsp3) is 0.125. The summed E-state index contributed by atoms with van der Waals surface area (Å²) in [6.07, 6.45) is 0. The predicted octanol–water partition coefficient (Wildman–Crippen LogP) is 2.86. The second-order valence-electron chi connectivity index (χ2n) is 5.08. The van der Waals surface area contributed by atoms with E-state index in [1.165, 1.54) is 6.07 Å². The van der Waals surface area contributed by atoms with Gasteiger partial charge in [0.15, 0.2) is 5.84 Å². The third kappa shape index (κ3) is 2.98. The molecule has 0 aliphatic carbocycles. The molecule has 23 heavy (non-hydrogen) atoms. The summed E-state index contributed by atoms with van der Waals surface area (Å²) in [6.45, 7) is 0.200. The molecule has 4 N–H and O–H groups in total. The monoisotopic (exact) mass is 332 g/mol. The van der Waals surface area contributed by atoms with Crippen LogP contribution in [0.25, 0.3) is 0 Å². The minimum atomic E-state index is -0.496. The van der Waals surface area contributed by atoms with Gasteiger partial charge < -0.3 is 16.3 Å². The van der Waals surface area contributed by atoms with E-state index < -0.39 is 6.04 Å². The molecule has 3 rings (SSSR count). The summed E-state index contributed by atoms with van der Waals surface area (Å²) >= 11 is 6.08. The number of rotatable bonds is 2. The Kier molecular flexibility index (Phi) is 4.16. The number of benzene rings is 2. The van der Waals surface area contributed by atoms with Crippen molar-refractivity contribution in [1.29, 1.82) is 0 Å². The molecule has 7 heteroatoms. The van der Waals surface area contributed by atoms with Gasteiger partial charge in [-0.1, -0.05) is 28.9 Å². The third-order valence-corrected chi connectivity index (χ3v) is 3.84. The highest BCUT2D eigenvalue weighted by atomic mass is 35.5. The Bertz CT molecular complexity index is 806. The number of amidine groups is 1. The van der Waals surface area contributed by atoms with Crippen molar-refractivity contribution in [3.05, 3.63) is 64.4 Å². The van der Waals surface area contributed by atoms with Crippen LogP contribution in [0.3, 0.4) is 0 Å². The Balaban J connectivity index is 2.17. The molecular formula is C16H14ClFN4O. The SMILES string of the molecule is N/C(=N/O)C1CN=C(c2ccccc2F)c2cc(Cl)ccc2N1. The minimum Gasteiger partial charge on any atom is -0.409 e. The highest BCUT2D eigenvalue weighted by molar-refractivity contribution is 6.31. The molecule has 1 aliphatic heterocycles. The van der Waals surface area contributed by atoms with Crippen LogP contribution in [-0.4, -0.2) is 29.3 Å². The average molecular weight is 333 g/mol. The second kappa shape index (κ2) is 6.26. The lowest BCUT2D eigenvalue weighted by molar-refractivity contribution is 0.316. The Hall–Kier alpha value is -2.60. The molecule has 1 atom stereocenters. The summed E-state index contributed by atoms with van der Waals surface area (Å²) in [7, 11) is 0. The minimum absolute atomic E-state index is 0.00411. The van der Waals surface area contributed by atoms with E-state index in [9.17, 15) is 4.39 Å². The Morgan fingerprint density at radius 1 is 1.30 bits per heavy atom. The number of aliphatic imine (C=N–C) groups is 1. The van der Waals surface area contributed by atoms with Gasteiger partial charge in [-0.3, -0.25) is 4.99 Å². The van der Waals surface area contributed by atoms with Crippen LogP contribution in [0.1, 0.15) is 11.1 Å². The summed E-state index contributed by atoms with van der Waals surface area (Å²) in [5.41, 5.74) is 7.88. The van der Waals surface area contributed by atoms with Gasteiger partial charge in [-0.2, -0.15) is 0 Å². The number of oxime groups is 1. The predicted molar refractivity (Wildman–Crippen MR) is 89.2 cm³/mol. The highest BCUT2D eigenvalue weighted by Crippen LogP contribution is 2.27. The topological polar surface area (TPSA) is 83.0 Å². The zero-order valence-electron chi connectivity index (χ0n) is 12.0. The van der Waals surface area contributed by atoms with E-state index in [1.54, 1.807) is 36.4 Å². The number of anilines is 1.